The Kier molecular flexibility index (Phi) is 4.35. The molecule has 0 aliphatic carbocycles. The molecule has 1 aliphatic heterocycles. The van der Waals surface area contributed by atoms with Crippen LogP contribution in [0.4, 0.5) is 5.82 Å². The fraction of sp³-hybridized carbons (Fsp3) is 0.571. The van der Waals surface area contributed by atoms with E-state index in [2.05, 4.69) is 20.3 Å². The Bertz CT molecular complexity index is 748. The molecule has 0 saturated carbocycles. The van der Waals surface area contributed by atoms with Crippen LogP contribution in [0.25, 0.3) is 11.2 Å². The maximum atomic E-state index is 11.3. The second kappa shape index (κ2) is 6.30. The summed E-state index contributed by atoms with van der Waals surface area (Å²) in [6.07, 6.45) is 0.313. The molecule has 10 nitrogen and oxygen atoms in total. The molecule has 1 aliphatic rings. The number of aromatic nitrogens is 4. The number of anilines is 1. The number of hydrogen-bond acceptors (Lipinski definition) is 8. The fourth-order valence-electron chi connectivity index (χ4n) is 2.89. The van der Waals surface area contributed by atoms with Crippen LogP contribution in [0, 0.1) is 0 Å². The normalized spacial score (nSPS) is 26.7. The Morgan fingerprint density at radius 3 is 2.79 bits per heavy atom. The zero-order valence-corrected chi connectivity index (χ0v) is 13.6. The first-order chi connectivity index (χ1) is 11.4. The van der Waals surface area contributed by atoms with Crippen molar-refractivity contribution in [3.63, 3.8) is 0 Å². The second-order valence-electron chi connectivity index (χ2n) is 5.88. The standard InChI is InChI=1S/C14H20N6O4/c1-7(22)18-9-8(4-21)24-14(11(9)23)20-6-17-10-12(19(2)3)15-5-16-13(10)20/h5-6,8-9,11,14,21,23H,4H2,1-3H3,(H,18,22)/t8-,9-,11-,14-/m1/s1. The van der Waals surface area contributed by atoms with Crippen LogP contribution >= 0.6 is 0 Å². The number of fused-ring (bicyclic) bond motifs is 1. The highest BCUT2D eigenvalue weighted by Crippen LogP contribution is 2.32. The van der Waals surface area contributed by atoms with Crippen molar-refractivity contribution >= 4 is 22.9 Å². The lowest BCUT2D eigenvalue weighted by Gasteiger charge is -2.20. The van der Waals surface area contributed by atoms with Gasteiger partial charge in [0, 0.05) is 21.0 Å². The summed E-state index contributed by atoms with van der Waals surface area (Å²) >= 11 is 0. The molecular weight excluding hydrogens is 316 g/mol. The molecule has 3 rings (SSSR count). The van der Waals surface area contributed by atoms with Gasteiger partial charge in [0.15, 0.2) is 23.2 Å². The van der Waals surface area contributed by atoms with Crippen molar-refractivity contribution in [2.45, 2.75) is 31.4 Å². The molecule has 1 amide bonds. The molecule has 0 bridgehead atoms. The molecule has 3 N–H and O–H groups in total. The minimum Gasteiger partial charge on any atom is -0.394 e. The molecule has 1 saturated heterocycles. The van der Waals surface area contributed by atoms with Crippen LogP contribution in [-0.2, 0) is 9.53 Å². The van der Waals surface area contributed by atoms with E-state index in [0.29, 0.717) is 17.0 Å². The van der Waals surface area contributed by atoms with Gasteiger partial charge in [-0.25, -0.2) is 15.0 Å². The van der Waals surface area contributed by atoms with Crippen LogP contribution in [0.1, 0.15) is 13.2 Å². The first-order valence-corrected chi connectivity index (χ1v) is 7.50. The van der Waals surface area contributed by atoms with Crippen molar-refractivity contribution in [2.75, 3.05) is 25.6 Å². The Morgan fingerprint density at radius 1 is 1.42 bits per heavy atom. The molecular formula is C14H20N6O4. The molecule has 4 atom stereocenters. The maximum Gasteiger partial charge on any atom is 0.217 e. The van der Waals surface area contributed by atoms with Gasteiger partial charge in [-0.3, -0.25) is 9.36 Å². The number of rotatable bonds is 4. The molecule has 0 aromatic carbocycles. The van der Waals surface area contributed by atoms with E-state index in [1.54, 1.807) is 4.57 Å². The summed E-state index contributed by atoms with van der Waals surface area (Å²) in [4.78, 5) is 25.9. The van der Waals surface area contributed by atoms with Crippen LogP contribution in [0.5, 0.6) is 0 Å². The number of nitrogens with one attached hydrogen (secondary N) is 1. The zero-order chi connectivity index (χ0) is 17.4. The van der Waals surface area contributed by atoms with E-state index >= 15 is 0 Å². The SMILES string of the molecule is CC(=O)N[C@H]1[C@@H](O)[C@H](n2cnc3c(N(C)C)ncnc32)O[C@@H]1CO. The van der Waals surface area contributed by atoms with Gasteiger partial charge in [-0.1, -0.05) is 0 Å². The Balaban J connectivity index is 1.99. The third kappa shape index (κ3) is 2.68. The summed E-state index contributed by atoms with van der Waals surface area (Å²) in [7, 11) is 3.69. The minimum atomic E-state index is -1.05. The van der Waals surface area contributed by atoms with E-state index in [0.717, 1.165) is 0 Å². The molecule has 2 aromatic rings. The van der Waals surface area contributed by atoms with Gasteiger partial charge in [-0.05, 0) is 0 Å². The predicted molar refractivity (Wildman–Crippen MR) is 84.3 cm³/mol. The van der Waals surface area contributed by atoms with E-state index in [9.17, 15) is 15.0 Å². The van der Waals surface area contributed by atoms with Gasteiger partial charge in [-0.2, -0.15) is 0 Å². The molecule has 0 spiro atoms. The zero-order valence-electron chi connectivity index (χ0n) is 13.6. The van der Waals surface area contributed by atoms with Crippen molar-refractivity contribution in [1.82, 2.24) is 24.8 Å². The van der Waals surface area contributed by atoms with E-state index in [1.807, 2.05) is 19.0 Å². The highest BCUT2D eigenvalue weighted by molar-refractivity contribution is 5.83. The van der Waals surface area contributed by atoms with E-state index in [1.165, 1.54) is 19.6 Å². The number of imidazole rings is 1. The largest absolute Gasteiger partial charge is 0.394 e. The van der Waals surface area contributed by atoms with Crippen molar-refractivity contribution in [1.29, 1.82) is 0 Å². The molecule has 10 heteroatoms. The Morgan fingerprint density at radius 2 is 2.17 bits per heavy atom. The number of carbonyl (C=O) groups is 1. The third-order valence-corrected chi connectivity index (χ3v) is 3.96. The smallest absolute Gasteiger partial charge is 0.217 e. The van der Waals surface area contributed by atoms with Gasteiger partial charge in [0.05, 0.1) is 19.0 Å². The summed E-state index contributed by atoms with van der Waals surface area (Å²) in [6.45, 7) is 1.01. The van der Waals surface area contributed by atoms with Crippen molar-refractivity contribution < 1.29 is 19.7 Å². The van der Waals surface area contributed by atoms with Crippen molar-refractivity contribution in [2.24, 2.45) is 0 Å². The first-order valence-electron chi connectivity index (χ1n) is 7.50. The van der Waals surface area contributed by atoms with Gasteiger partial charge in [-0.15, -0.1) is 0 Å². The number of ether oxygens (including phenoxy) is 1. The third-order valence-electron chi connectivity index (χ3n) is 3.96. The molecule has 2 aromatic heterocycles. The van der Waals surface area contributed by atoms with E-state index in [-0.39, 0.29) is 12.5 Å². The average Bonchev–Trinajstić information content (AvgIpc) is 3.08. The van der Waals surface area contributed by atoms with Crippen molar-refractivity contribution in [3.05, 3.63) is 12.7 Å². The quantitative estimate of drug-likeness (QED) is 0.625. The number of hydrogen-bond donors (Lipinski definition) is 3. The lowest BCUT2D eigenvalue weighted by atomic mass is 10.1. The van der Waals surface area contributed by atoms with Crippen LogP contribution in [0.15, 0.2) is 12.7 Å². The van der Waals surface area contributed by atoms with Gasteiger partial charge >= 0.3 is 0 Å². The number of carbonyl (C=O) groups excluding carboxylic acids is 1. The second-order valence-corrected chi connectivity index (χ2v) is 5.88. The lowest BCUT2D eigenvalue weighted by Crippen LogP contribution is -2.47. The Labute approximate surface area is 138 Å². The molecule has 24 heavy (non-hydrogen) atoms. The monoisotopic (exact) mass is 336 g/mol. The van der Waals surface area contributed by atoms with E-state index in [4.69, 9.17) is 4.74 Å². The molecule has 0 unspecified atom stereocenters. The first kappa shape index (κ1) is 16.6. The summed E-state index contributed by atoms with van der Waals surface area (Å²) in [6, 6.07) is -0.717. The van der Waals surface area contributed by atoms with Gasteiger partial charge in [0.2, 0.25) is 5.91 Å². The van der Waals surface area contributed by atoms with Crippen LogP contribution in [-0.4, -0.2) is 74.6 Å². The fourth-order valence-corrected chi connectivity index (χ4v) is 2.89. The number of aliphatic hydroxyl groups excluding tert-OH is 2. The highest BCUT2D eigenvalue weighted by atomic mass is 16.5. The predicted octanol–water partition coefficient (Wildman–Crippen LogP) is -1.35. The maximum absolute atomic E-state index is 11.3. The minimum absolute atomic E-state index is 0.311. The number of nitrogens with zero attached hydrogens (tertiary/aromatic N) is 5. The lowest BCUT2D eigenvalue weighted by molar-refractivity contribution is -0.120. The molecule has 130 valence electrons. The topological polar surface area (TPSA) is 126 Å². The molecule has 3 heterocycles. The van der Waals surface area contributed by atoms with E-state index < -0.39 is 24.5 Å². The summed E-state index contributed by atoms with van der Waals surface area (Å²) in [5.74, 6) is 0.331. The number of amides is 1. The van der Waals surface area contributed by atoms with Crippen molar-refractivity contribution in [3.8, 4) is 0 Å². The average molecular weight is 336 g/mol. The molecule has 0 radical (unpaired) electrons. The van der Waals surface area contributed by atoms with Gasteiger partial charge in [0.1, 0.15) is 18.5 Å². The summed E-state index contributed by atoms with van der Waals surface area (Å²) < 4.78 is 7.31. The summed E-state index contributed by atoms with van der Waals surface area (Å²) in [5, 5.41) is 22.6. The highest BCUT2D eigenvalue weighted by Gasteiger charge is 2.45. The Hall–Kier alpha value is -2.30. The van der Waals surface area contributed by atoms with Crippen LogP contribution < -0.4 is 10.2 Å². The van der Waals surface area contributed by atoms with Gasteiger partial charge in [0.25, 0.3) is 0 Å². The van der Waals surface area contributed by atoms with Crippen LogP contribution in [0.2, 0.25) is 0 Å². The number of aliphatic hydroxyl groups is 2. The van der Waals surface area contributed by atoms with Gasteiger partial charge < -0.3 is 25.2 Å². The van der Waals surface area contributed by atoms with Crippen LogP contribution in [0.3, 0.4) is 0 Å². The summed E-state index contributed by atoms with van der Waals surface area (Å²) in [5.41, 5.74) is 1.07. The molecule has 1 fully saturated rings.